The third kappa shape index (κ3) is 9.21. The van der Waals surface area contributed by atoms with Crippen molar-refractivity contribution in [1.82, 2.24) is 15.5 Å². The molecule has 0 radical (unpaired) electrons. The molecular weight excluding hydrogens is 290 g/mol. The highest BCUT2D eigenvalue weighted by atomic mass is 16.5. The van der Waals surface area contributed by atoms with Gasteiger partial charge in [0.25, 0.3) is 5.91 Å². The van der Waals surface area contributed by atoms with Crippen molar-refractivity contribution in [3.05, 3.63) is 29.8 Å². The highest BCUT2D eigenvalue weighted by molar-refractivity contribution is 5.78. The second-order valence-corrected chi connectivity index (χ2v) is 7.03. The highest BCUT2D eigenvalue weighted by Gasteiger charge is 2.14. The molecule has 1 amide bonds. The van der Waals surface area contributed by atoms with E-state index < -0.39 is 0 Å². The minimum Gasteiger partial charge on any atom is -0.483 e. The first-order valence-corrected chi connectivity index (χ1v) is 8.15. The Morgan fingerprint density at radius 3 is 2.57 bits per heavy atom. The topological polar surface area (TPSA) is 53.6 Å². The van der Waals surface area contributed by atoms with Gasteiger partial charge in [-0.3, -0.25) is 4.79 Å². The maximum atomic E-state index is 11.8. The van der Waals surface area contributed by atoms with Crippen LogP contribution in [0.5, 0.6) is 5.75 Å². The zero-order valence-electron chi connectivity index (χ0n) is 15.1. The predicted octanol–water partition coefficient (Wildman–Crippen LogP) is 2.02. The van der Waals surface area contributed by atoms with E-state index in [9.17, 15) is 4.79 Å². The molecule has 130 valence electrons. The van der Waals surface area contributed by atoms with E-state index in [0.29, 0.717) is 0 Å². The fourth-order valence-corrected chi connectivity index (χ4v) is 2.13. The molecule has 0 saturated carbocycles. The van der Waals surface area contributed by atoms with Gasteiger partial charge in [-0.15, -0.1) is 0 Å². The molecular formula is C18H31N3O2. The zero-order chi connectivity index (χ0) is 17.3. The van der Waals surface area contributed by atoms with Crippen molar-refractivity contribution < 1.29 is 9.53 Å². The molecule has 1 aromatic rings. The summed E-state index contributed by atoms with van der Waals surface area (Å²) in [6, 6.07) is 7.84. The van der Waals surface area contributed by atoms with Gasteiger partial charge in [-0.1, -0.05) is 18.2 Å². The first kappa shape index (κ1) is 19.5. The molecule has 0 aliphatic carbocycles. The molecule has 0 atom stereocenters. The number of amides is 1. The fourth-order valence-electron chi connectivity index (χ4n) is 2.13. The molecule has 23 heavy (non-hydrogen) atoms. The van der Waals surface area contributed by atoms with Gasteiger partial charge in [0.1, 0.15) is 5.75 Å². The Hall–Kier alpha value is -1.59. The van der Waals surface area contributed by atoms with E-state index in [4.69, 9.17) is 4.74 Å². The average Bonchev–Trinajstić information content (AvgIpc) is 2.43. The van der Waals surface area contributed by atoms with Gasteiger partial charge in [-0.25, -0.2) is 0 Å². The first-order chi connectivity index (χ1) is 10.8. The molecule has 1 aromatic carbocycles. The van der Waals surface area contributed by atoms with E-state index in [2.05, 4.69) is 29.6 Å². The third-order valence-electron chi connectivity index (χ3n) is 3.12. The second-order valence-electron chi connectivity index (χ2n) is 7.03. The van der Waals surface area contributed by atoms with Crippen molar-refractivity contribution in [2.24, 2.45) is 0 Å². The van der Waals surface area contributed by atoms with Crippen molar-refractivity contribution in [3.63, 3.8) is 0 Å². The average molecular weight is 321 g/mol. The molecule has 0 aromatic heterocycles. The predicted molar refractivity (Wildman–Crippen MR) is 94.7 cm³/mol. The van der Waals surface area contributed by atoms with Crippen LogP contribution in [0.4, 0.5) is 0 Å². The van der Waals surface area contributed by atoms with Gasteiger partial charge < -0.3 is 20.3 Å². The highest BCUT2D eigenvalue weighted by Crippen LogP contribution is 2.17. The smallest absolute Gasteiger partial charge is 0.258 e. The van der Waals surface area contributed by atoms with Crippen LogP contribution < -0.4 is 15.4 Å². The summed E-state index contributed by atoms with van der Waals surface area (Å²) in [6.45, 7) is 8.66. The molecule has 0 bridgehead atoms. The first-order valence-electron chi connectivity index (χ1n) is 8.15. The maximum Gasteiger partial charge on any atom is 0.258 e. The van der Waals surface area contributed by atoms with Crippen LogP contribution in [-0.4, -0.2) is 50.1 Å². The summed E-state index contributed by atoms with van der Waals surface area (Å²) in [5.41, 5.74) is 0.828. The van der Waals surface area contributed by atoms with Crippen LogP contribution in [0.1, 0.15) is 32.8 Å². The Labute approximate surface area is 140 Å². The third-order valence-corrected chi connectivity index (χ3v) is 3.12. The van der Waals surface area contributed by atoms with Gasteiger partial charge in [0.2, 0.25) is 0 Å². The van der Waals surface area contributed by atoms with Crippen molar-refractivity contribution in [2.75, 3.05) is 33.8 Å². The largest absolute Gasteiger partial charge is 0.483 e. The van der Waals surface area contributed by atoms with E-state index >= 15 is 0 Å². The number of carbonyl (C=O) groups excluding carboxylic acids is 1. The summed E-state index contributed by atoms with van der Waals surface area (Å²) in [6.07, 6.45) is 1.10. The summed E-state index contributed by atoms with van der Waals surface area (Å²) >= 11 is 0. The SMILES string of the molecule is CN(C)CCCNCc1ccccc1OCC(=O)NC(C)(C)C. The van der Waals surface area contributed by atoms with Gasteiger partial charge in [0.05, 0.1) is 0 Å². The monoisotopic (exact) mass is 321 g/mol. The van der Waals surface area contributed by atoms with Crippen LogP contribution in [0.25, 0.3) is 0 Å². The number of hydrogen-bond donors (Lipinski definition) is 2. The quantitative estimate of drug-likeness (QED) is 0.683. The van der Waals surface area contributed by atoms with Crippen LogP contribution in [0.3, 0.4) is 0 Å². The maximum absolute atomic E-state index is 11.8. The van der Waals surface area contributed by atoms with Crippen molar-refractivity contribution >= 4 is 5.91 Å². The lowest BCUT2D eigenvalue weighted by atomic mass is 10.1. The van der Waals surface area contributed by atoms with Crippen LogP contribution in [0.2, 0.25) is 0 Å². The summed E-state index contributed by atoms with van der Waals surface area (Å²) in [5, 5.41) is 6.31. The van der Waals surface area contributed by atoms with E-state index in [-0.39, 0.29) is 18.1 Å². The lowest BCUT2D eigenvalue weighted by Crippen LogP contribution is -2.43. The Morgan fingerprint density at radius 2 is 1.91 bits per heavy atom. The lowest BCUT2D eigenvalue weighted by Gasteiger charge is -2.21. The number of benzene rings is 1. The number of ether oxygens (including phenoxy) is 1. The van der Waals surface area contributed by atoms with E-state index in [0.717, 1.165) is 37.4 Å². The minimum atomic E-state index is -0.242. The van der Waals surface area contributed by atoms with Gasteiger partial charge in [0, 0.05) is 17.6 Å². The molecule has 1 rings (SSSR count). The van der Waals surface area contributed by atoms with Crippen LogP contribution >= 0.6 is 0 Å². The van der Waals surface area contributed by atoms with Gasteiger partial charge in [-0.05, 0) is 60.4 Å². The zero-order valence-corrected chi connectivity index (χ0v) is 15.1. The number of nitrogens with zero attached hydrogens (tertiary/aromatic N) is 1. The number of para-hydroxylation sites is 1. The van der Waals surface area contributed by atoms with E-state index in [1.54, 1.807) is 0 Å². The van der Waals surface area contributed by atoms with E-state index in [1.807, 2.05) is 45.0 Å². The molecule has 0 unspecified atom stereocenters. The summed E-state index contributed by atoms with van der Waals surface area (Å²) in [7, 11) is 4.15. The Bertz CT molecular complexity index is 481. The van der Waals surface area contributed by atoms with Gasteiger partial charge >= 0.3 is 0 Å². The molecule has 0 aliphatic rings. The Kier molecular flexibility index (Phi) is 8.06. The molecule has 0 saturated heterocycles. The summed E-state index contributed by atoms with van der Waals surface area (Å²) < 4.78 is 5.68. The number of nitrogens with one attached hydrogen (secondary N) is 2. The molecule has 0 spiro atoms. The fraction of sp³-hybridized carbons (Fsp3) is 0.611. The lowest BCUT2D eigenvalue weighted by molar-refractivity contribution is -0.124. The molecule has 0 aliphatic heterocycles. The van der Waals surface area contributed by atoms with Crippen molar-refractivity contribution in [2.45, 2.75) is 39.3 Å². The van der Waals surface area contributed by atoms with Crippen LogP contribution in [0.15, 0.2) is 24.3 Å². The number of carbonyl (C=O) groups is 1. The molecule has 5 nitrogen and oxygen atoms in total. The van der Waals surface area contributed by atoms with Crippen molar-refractivity contribution in [3.8, 4) is 5.75 Å². The Balaban J connectivity index is 2.43. The Morgan fingerprint density at radius 1 is 1.22 bits per heavy atom. The molecule has 2 N–H and O–H groups in total. The van der Waals surface area contributed by atoms with Gasteiger partial charge in [0.15, 0.2) is 6.61 Å². The standard InChI is InChI=1S/C18H31N3O2/c1-18(2,3)20-17(22)14-23-16-10-7-6-9-15(16)13-19-11-8-12-21(4)5/h6-7,9-10,19H,8,11-14H2,1-5H3,(H,20,22). The van der Waals surface area contributed by atoms with Gasteiger partial charge in [-0.2, -0.15) is 0 Å². The van der Waals surface area contributed by atoms with Crippen molar-refractivity contribution in [1.29, 1.82) is 0 Å². The normalized spacial score (nSPS) is 11.6. The summed E-state index contributed by atoms with van der Waals surface area (Å²) in [5.74, 6) is 0.655. The molecule has 0 heterocycles. The minimum absolute atomic E-state index is 0.0366. The molecule has 5 heteroatoms. The van der Waals surface area contributed by atoms with Crippen LogP contribution in [-0.2, 0) is 11.3 Å². The second kappa shape index (κ2) is 9.53. The molecule has 0 fully saturated rings. The number of hydrogen-bond acceptors (Lipinski definition) is 4. The summed E-state index contributed by atoms with van der Waals surface area (Å²) in [4.78, 5) is 14.0. The van der Waals surface area contributed by atoms with Crippen LogP contribution in [0, 0.1) is 0 Å². The van der Waals surface area contributed by atoms with E-state index in [1.165, 1.54) is 0 Å². The number of rotatable bonds is 9.